The summed E-state index contributed by atoms with van der Waals surface area (Å²) in [7, 11) is 0. The number of aliphatic hydroxyl groups excluding tert-OH is 1. The van der Waals surface area contributed by atoms with Crippen LogP contribution in [0, 0.1) is 11.3 Å². The zero-order chi connectivity index (χ0) is 9.07. The third kappa shape index (κ3) is 6.11. The summed E-state index contributed by atoms with van der Waals surface area (Å²) in [4.78, 5) is 0. The Morgan fingerprint density at radius 1 is 1.18 bits per heavy atom. The predicted molar refractivity (Wildman–Crippen MR) is 49.4 cm³/mol. The third-order valence-electron chi connectivity index (χ3n) is 1.66. The first-order valence-electron chi connectivity index (χ1n) is 4.20. The summed E-state index contributed by atoms with van der Waals surface area (Å²) in [6.07, 6.45) is 3.98. The van der Waals surface area contributed by atoms with Crippen molar-refractivity contribution in [3.05, 3.63) is 12.2 Å². The van der Waals surface area contributed by atoms with Gasteiger partial charge in [0.05, 0.1) is 6.10 Å². The molecule has 0 saturated heterocycles. The minimum atomic E-state index is -0.242. The molecule has 0 spiro atoms. The van der Waals surface area contributed by atoms with Gasteiger partial charge in [0.25, 0.3) is 0 Å². The van der Waals surface area contributed by atoms with E-state index in [9.17, 15) is 0 Å². The molecule has 0 aliphatic rings. The quantitative estimate of drug-likeness (QED) is 0.609. The van der Waals surface area contributed by atoms with Crippen molar-refractivity contribution in [2.75, 3.05) is 0 Å². The van der Waals surface area contributed by atoms with E-state index in [1.807, 2.05) is 13.8 Å². The van der Waals surface area contributed by atoms with Crippen molar-refractivity contribution in [3.8, 4) is 0 Å². The molecule has 0 aromatic rings. The Kier molecular flexibility index (Phi) is 3.81. The molecule has 1 N–H and O–H groups in total. The van der Waals surface area contributed by atoms with Crippen molar-refractivity contribution in [1.29, 1.82) is 0 Å². The molecule has 11 heavy (non-hydrogen) atoms. The molecule has 0 aliphatic heterocycles. The Morgan fingerprint density at radius 3 is 1.91 bits per heavy atom. The average molecular weight is 156 g/mol. The summed E-state index contributed by atoms with van der Waals surface area (Å²) < 4.78 is 0. The second kappa shape index (κ2) is 3.91. The molecular formula is C10H20O. The van der Waals surface area contributed by atoms with E-state index in [1.54, 1.807) is 0 Å². The largest absolute Gasteiger partial charge is 0.393 e. The van der Waals surface area contributed by atoms with Gasteiger partial charge in [-0.05, 0) is 18.3 Å². The standard InChI is InChI=1S/C10H20O/c1-8(9(2)11)6-7-10(3,4)5/h6-9,11H,1-5H3/b7-6+/t8-,9-/m1/s1. The Hall–Kier alpha value is -0.300. The van der Waals surface area contributed by atoms with Crippen molar-refractivity contribution >= 4 is 0 Å². The summed E-state index contributed by atoms with van der Waals surface area (Å²) in [6.45, 7) is 10.3. The summed E-state index contributed by atoms with van der Waals surface area (Å²) in [5.74, 6) is 0.259. The molecule has 0 aliphatic carbocycles. The normalized spacial score (nSPS) is 18.7. The van der Waals surface area contributed by atoms with Gasteiger partial charge in [0, 0.05) is 0 Å². The number of hydrogen-bond donors (Lipinski definition) is 1. The molecule has 66 valence electrons. The van der Waals surface area contributed by atoms with Gasteiger partial charge in [-0.15, -0.1) is 0 Å². The van der Waals surface area contributed by atoms with Gasteiger partial charge >= 0.3 is 0 Å². The molecule has 1 heteroatoms. The first-order chi connectivity index (χ1) is 4.83. The van der Waals surface area contributed by atoms with Crippen molar-refractivity contribution < 1.29 is 5.11 Å². The molecule has 0 heterocycles. The maximum Gasteiger partial charge on any atom is 0.0572 e. The van der Waals surface area contributed by atoms with Crippen LogP contribution in [0.4, 0.5) is 0 Å². The second-order valence-electron chi connectivity index (χ2n) is 4.32. The van der Waals surface area contributed by atoms with E-state index in [-0.39, 0.29) is 17.4 Å². The Bertz CT molecular complexity index is 128. The fraction of sp³-hybridized carbons (Fsp3) is 0.800. The maximum atomic E-state index is 9.17. The Balaban J connectivity index is 3.93. The van der Waals surface area contributed by atoms with Crippen molar-refractivity contribution in [3.63, 3.8) is 0 Å². The molecule has 0 radical (unpaired) electrons. The van der Waals surface area contributed by atoms with E-state index >= 15 is 0 Å². The van der Waals surface area contributed by atoms with Gasteiger partial charge in [-0.25, -0.2) is 0 Å². The minimum Gasteiger partial charge on any atom is -0.393 e. The highest BCUT2D eigenvalue weighted by molar-refractivity contribution is 4.95. The molecule has 0 aromatic carbocycles. The highest BCUT2D eigenvalue weighted by Crippen LogP contribution is 2.16. The number of hydrogen-bond acceptors (Lipinski definition) is 1. The van der Waals surface area contributed by atoms with Gasteiger partial charge in [0.2, 0.25) is 0 Å². The first kappa shape index (κ1) is 10.7. The van der Waals surface area contributed by atoms with Crippen LogP contribution in [-0.2, 0) is 0 Å². The molecule has 1 nitrogen and oxygen atoms in total. The summed E-state index contributed by atoms with van der Waals surface area (Å²) in [5, 5.41) is 9.17. The second-order valence-corrected chi connectivity index (χ2v) is 4.32. The van der Waals surface area contributed by atoms with Gasteiger partial charge in [-0.3, -0.25) is 0 Å². The van der Waals surface area contributed by atoms with Crippen LogP contribution in [0.1, 0.15) is 34.6 Å². The molecule has 0 amide bonds. The maximum absolute atomic E-state index is 9.17. The monoisotopic (exact) mass is 156 g/mol. The van der Waals surface area contributed by atoms with E-state index in [1.165, 1.54) is 0 Å². The Labute approximate surface area is 70.1 Å². The highest BCUT2D eigenvalue weighted by atomic mass is 16.3. The van der Waals surface area contributed by atoms with Crippen molar-refractivity contribution in [1.82, 2.24) is 0 Å². The zero-order valence-corrected chi connectivity index (χ0v) is 8.26. The van der Waals surface area contributed by atoms with E-state index < -0.39 is 0 Å². The lowest BCUT2D eigenvalue weighted by atomic mass is 9.93. The van der Waals surface area contributed by atoms with E-state index in [0.29, 0.717) is 0 Å². The predicted octanol–water partition coefficient (Wildman–Crippen LogP) is 2.61. The van der Waals surface area contributed by atoms with E-state index in [0.717, 1.165) is 0 Å². The van der Waals surface area contributed by atoms with E-state index in [4.69, 9.17) is 5.11 Å². The van der Waals surface area contributed by atoms with Crippen LogP contribution < -0.4 is 0 Å². The zero-order valence-electron chi connectivity index (χ0n) is 8.26. The van der Waals surface area contributed by atoms with Gasteiger partial charge in [0.1, 0.15) is 0 Å². The summed E-state index contributed by atoms with van der Waals surface area (Å²) in [5.41, 5.74) is 0.225. The molecular weight excluding hydrogens is 136 g/mol. The lowest BCUT2D eigenvalue weighted by Crippen LogP contribution is -2.11. The molecule has 0 bridgehead atoms. The fourth-order valence-corrected chi connectivity index (χ4v) is 0.601. The highest BCUT2D eigenvalue weighted by Gasteiger charge is 2.07. The van der Waals surface area contributed by atoms with Gasteiger partial charge < -0.3 is 5.11 Å². The molecule has 2 atom stereocenters. The van der Waals surface area contributed by atoms with Crippen molar-refractivity contribution in [2.24, 2.45) is 11.3 Å². The smallest absolute Gasteiger partial charge is 0.0572 e. The van der Waals surface area contributed by atoms with Crippen LogP contribution in [0.2, 0.25) is 0 Å². The SMILES string of the molecule is C[C@H](/C=C/C(C)(C)C)[C@@H](C)O. The minimum absolute atomic E-state index is 0.225. The number of allylic oxidation sites excluding steroid dienone is 1. The van der Waals surface area contributed by atoms with Gasteiger partial charge in [-0.2, -0.15) is 0 Å². The number of rotatable bonds is 2. The first-order valence-corrected chi connectivity index (χ1v) is 4.20. The molecule has 0 fully saturated rings. The van der Waals surface area contributed by atoms with Crippen LogP contribution >= 0.6 is 0 Å². The summed E-state index contributed by atoms with van der Waals surface area (Å²) >= 11 is 0. The van der Waals surface area contributed by atoms with Crippen LogP contribution in [0.3, 0.4) is 0 Å². The average Bonchev–Trinajstić information content (AvgIpc) is 1.80. The number of aliphatic hydroxyl groups is 1. The summed E-state index contributed by atoms with van der Waals surface area (Å²) in [6, 6.07) is 0. The lowest BCUT2D eigenvalue weighted by Gasteiger charge is -2.14. The van der Waals surface area contributed by atoms with Crippen LogP contribution in [0.5, 0.6) is 0 Å². The third-order valence-corrected chi connectivity index (χ3v) is 1.66. The fourth-order valence-electron chi connectivity index (χ4n) is 0.601. The van der Waals surface area contributed by atoms with E-state index in [2.05, 4.69) is 32.9 Å². The molecule has 0 aromatic heterocycles. The van der Waals surface area contributed by atoms with Crippen LogP contribution in [-0.4, -0.2) is 11.2 Å². The molecule has 0 rings (SSSR count). The topological polar surface area (TPSA) is 20.2 Å². The van der Waals surface area contributed by atoms with Crippen LogP contribution in [0.15, 0.2) is 12.2 Å². The lowest BCUT2D eigenvalue weighted by molar-refractivity contribution is 0.157. The van der Waals surface area contributed by atoms with Gasteiger partial charge in [0.15, 0.2) is 0 Å². The van der Waals surface area contributed by atoms with Gasteiger partial charge in [-0.1, -0.05) is 39.8 Å². The Morgan fingerprint density at radius 2 is 1.64 bits per heavy atom. The van der Waals surface area contributed by atoms with Crippen molar-refractivity contribution in [2.45, 2.75) is 40.7 Å². The molecule has 0 unspecified atom stereocenters. The van der Waals surface area contributed by atoms with Crippen LogP contribution in [0.25, 0.3) is 0 Å². The molecule has 0 saturated carbocycles.